The van der Waals surface area contributed by atoms with Crippen LogP contribution < -0.4 is 14.4 Å². The summed E-state index contributed by atoms with van der Waals surface area (Å²) in [4.78, 5) is 2.16. The highest BCUT2D eigenvalue weighted by atomic mass is 32.2. The summed E-state index contributed by atoms with van der Waals surface area (Å²) < 4.78 is 41.3. The molecule has 1 fully saturated rings. The van der Waals surface area contributed by atoms with Gasteiger partial charge in [0.05, 0.1) is 18.9 Å². The number of nitrogens with zero attached hydrogens (tertiary/aromatic N) is 6. The zero-order chi connectivity index (χ0) is 24.3. The zero-order valence-electron chi connectivity index (χ0n) is 19.9. The van der Waals surface area contributed by atoms with E-state index >= 15 is 0 Å². The molecule has 34 heavy (non-hydrogen) atoms. The van der Waals surface area contributed by atoms with Crippen molar-refractivity contribution in [3.05, 3.63) is 47.8 Å². The van der Waals surface area contributed by atoms with Crippen molar-refractivity contribution >= 4 is 15.8 Å². The molecule has 0 atom stereocenters. The fourth-order valence-electron chi connectivity index (χ4n) is 3.98. The molecule has 3 heterocycles. The molecule has 1 aliphatic rings. The van der Waals surface area contributed by atoms with E-state index < -0.39 is 10.0 Å². The van der Waals surface area contributed by atoms with Crippen molar-refractivity contribution in [2.75, 3.05) is 44.3 Å². The monoisotopic (exact) mass is 486 g/mol. The van der Waals surface area contributed by atoms with Gasteiger partial charge in [-0.1, -0.05) is 0 Å². The van der Waals surface area contributed by atoms with Crippen molar-refractivity contribution in [1.82, 2.24) is 24.3 Å². The van der Waals surface area contributed by atoms with Crippen molar-refractivity contribution < 1.29 is 17.9 Å². The molecule has 1 saturated heterocycles. The van der Waals surface area contributed by atoms with Gasteiger partial charge in [0.25, 0.3) is 0 Å². The Morgan fingerprint density at radius 2 is 1.56 bits per heavy atom. The molecule has 1 aromatic carbocycles. The number of hydrogen-bond donors (Lipinski definition) is 0. The SMILES string of the molecule is CCOc1ccc(OCC)c(S(=O)(=O)N2CCN(c3ccc(-n4nc(C)cc4C)nn3)CC2)c1. The number of aryl methyl sites for hydroxylation is 2. The molecule has 0 aliphatic carbocycles. The number of sulfonamides is 1. The van der Waals surface area contributed by atoms with Crippen LogP contribution in [0.25, 0.3) is 5.82 Å². The molecule has 0 bridgehead atoms. The van der Waals surface area contributed by atoms with E-state index in [1.54, 1.807) is 22.9 Å². The number of benzene rings is 1. The topological polar surface area (TPSA) is 103 Å². The van der Waals surface area contributed by atoms with E-state index in [0.717, 1.165) is 11.4 Å². The minimum atomic E-state index is -3.75. The second kappa shape index (κ2) is 9.98. The first-order valence-corrected chi connectivity index (χ1v) is 12.8. The van der Waals surface area contributed by atoms with Crippen LogP contribution >= 0.6 is 0 Å². The van der Waals surface area contributed by atoms with Crippen LogP contribution in [0.5, 0.6) is 11.5 Å². The summed E-state index contributed by atoms with van der Waals surface area (Å²) in [5, 5.41) is 13.1. The van der Waals surface area contributed by atoms with Gasteiger partial charge < -0.3 is 14.4 Å². The van der Waals surface area contributed by atoms with Gasteiger partial charge in [0.1, 0.15) is 16.4 Å². The molecule has 3 aromatic rings. The average Bonchev–Trinajstić information content (AvgIpc) is 3.18. The molecule has 182 valence electrons. The normalized spacial score (nSPS) is 14.9. The Bertz CT molecular complexity index is 1230. The Balaban J connectivity index is 1.48. The highest BCUT2D eigenvalue weighted by Gasteiger charge is 2.32. The molecule has 0 saturated carbocycles. The summed E-state index contributed by atoms with van der Waals surface area (Å²) in [6.07, 6.45) is 0. The van der Waals surface area contributed by atoms with Crippen molar-refractivity contribution in [2.45, 2.75) is 32.6 Å². The molecule has 0 radical (unpaired) electrons. The summed E-state index contributed by atoms with van der Waals surface area (Å²) >= 11 is 0. The number of ether oxygens (including phenoxy) is 2. The van der Waals surface area contributed by atoms with Crippen LogP contribution in [-0.4, -0.2) is 72.1 Å². The van der Waals surface area contributed by atoms with Gasteiger partial charge in [-0.15, -0.1) is 10.2 Å². The predicted octanol–water partition coefficient (Wildman–Crippen LogP) is 2.59. The number of piperazine rings is 1. The maximum Gasteiger partial charge on any atom is 0.247 e. The maximum absolute atomic E-state index is 13.5. The van der Waals surface area contributed by atoms with Crippen molar-refractivity contribution in [2.24, 2.45) is 0 Å². The van der Waals surface area contributed by atoms with Crippen LogP contribution in [0.2, 0.25) is 0 Å². The third-order valence-electron chi connectivity index (χ3n) is 5.57. The first-order valence-electron chi connectivity index (χ1n) is 11.4. The zero-order valence-corrected chi connectivity index (χ0v) is 20.7. The molecule has 2 aromatic heterocycles. The lowest BCUT2D eigenvalue weighted by molar-refractivity contribution is 0.319. The first kappa shape index (κ1) is 24.0. The number of rotatable bonds is 8. The minimum absolute atomic E-state index is 0.128. The van der Waals surface area contributed by atoms with E-state index in [0.29, 0.717) is 62.5 Å². The van der Waals surface area contributed by atoms with E-state index in [4.69, 9.17) is 9.47 Å². The van der Waals surface area contributed by atoms with Gasteiger partial charge in [0, 0.05) is 37.9 Å². The summed E-state index contributed by atoms with van der Waals surface area (Å²) in [5.74, 6) is 2.18. The Kier molecular flexibility index (Phi) is 7.03. The van der Waals surface area contributed by atoms with Crippen LogP contribution in [0.4, 0.5) is 5.82 Å². The lowest BCUT2D eigenvalue weighted by atomic mass is 10.3. The van der Waals surface area contributed by atoms with Gasteiger partial charge in [-0.2, -0.15) is 9.40 Å². The summed E-state index contributed by atoms with van der Waals surface area (Å²) in [7, 11) is -3.75. The number of anilines is 1. The van der Waals surface area contributed by atoms with Crippen molar-refractivity contribution in [3.8, 4) is 17.3 Å². The predicted molar refractivity (Wildman–Crippen MR) is 128 cm³/mol. The van der Waals surface area contributed by atoms with Crippen LogP contribution in [0.15, 0.2) is 41.3 Å². The minimum Gasteiger partial charge on any atom is -0.494 e. The fourth-order valence-corrected chi connectivity index (χ4v) is 5.55. The smallest absolute Gasteiger partial charge is 0.247 e. The molecule has 11 heteroatoms. The summed E-state index contributed by atoms with van der Waals surface area (Å²) in [5.41, 5.74) is 1.90. The Hall–Kier alpha value is -3.18. The molecule has 4 rings (SSSR count). The Morgan fingerprint density at radius 3 is 2.15 bits per heavy atom. The summed E-state index contributed by atoms with van der Waals surface area (Å²) in [6, 6.07) is 10.7. The largest absolute Gasteiger partial charge is 0.494 e. The van der Waals surface area contributed by atoms with Gasteiger partial charge in [-0.05, 0) is 58.0 Å². The quantitative estimate of drug-likeness (QED) is 0.479. The Labute approximate surface area is 200 Å². The van der Waals surface area contributed by atoms with Gasteiger partial charge in [-0.25, -0.2) is 13.1 Å². The lowest BCUT2D eigenvalue weighted by Crippen LogP contribution is -2.49. The molecule has 1 aliphatic heterocycles. The van der Waals surface area contributed by atoms with Gasteiger partial charge in [0.2, 0.25) is 10.0 Å². The van der Waals surface area contributed by atoms with E-state index in [1.165, 1.54) is 4.31 Å². The molecular weight excluding hydrogens is 456 g/mol. The highest BCUT2D eigenvalue weighted by Crippen LogP contribution is 2.32. The highest BCUT2D eigenvalue weighted by molar-refractivity contribution is 7.89. The lowest BCUT2D eigenvalue weighted by Gasteiger charge is -2.34. The molecular formula is C23H30N6O4S. The first-order chi connectivity index (χ1) is 16.3. The fraction of sp³-hybridized carbons (Fsp3) is 0.435. The molecule has 0 unspecified atom stereocenters. The van der Waals surface area contributed by atoms with Crippen LogP contribution in [0.1, 0.15) is 25.2 Å². The molecule has 0 N–H and O–H groups in total. The second-order valence-corrected chi connectivity index (χ2v) is 9.86. The molecule has 10 nitrogen and oxygen atoms in total. The van der Waals surface area contributed by atoms with Crippen LogP contribution in [-0.2, 0) is 10.0 Å². The van der Waals surface area contributed by atoms with Gasteiger partial charge in [0.15, 0.2) is 11.6 Å². The van der Waals surface area contributed by atoms with E-state index in [-0.39, 0.29) is 4.90 Å². The number of aromatic nitrogens is 4. The van der Waals surface area contributed by atoms with E-state index in [9.17, 15) is 8.42 Å². The third kappa shape index (κ3) is 4.85. The molecule has 0 spiro atoms. The third-order valence-corrected chi connectivity index (χ3v) is 7.49. The maximum atomic E-state index is 13.5. The van der Waals surface area contributed by atoms with Crippen LogP contribution in [0, 0.1) is 13.8 Å². The van der Waals surface area contributed by atoms with Crippen molar-refractivity contribution in [3.63, 3.8) is 0 Å². The standard InChI is InChI=1S/C23H30N6O4S/c1-5-32-19-7-8-20(33-6-2)21(16-19)34(30,31)28-13-11-27(12-14-28)22-9-10-23(25-24-22)29-18(4)15-17(3)26-29/h7-10,15-16H,5-6,11-14H2,1-4H3. The Morgan fingerprint density at radius 1 is 0.882 bits per heavy atom. The van der Waals surface area contributed by atoms with Crippen LogP contribution in [0.3, 0.4) is 0 Å². The average molecular weight is 487 g/mol. The van der Waals surface area contributed by atoms with E-state index in [1.807, 2.05) is 50.8 Å². The van der Waals surface area contributed by atoms with Gasteiger partial charge in [-0.3, -0.25) is 0 Å². The van der Waals surface area contributed by atoms with E-state index in [2.05, 4.69) is 15.3 Å². The number of hydrogen-bond acceptors (Lipinski definition) is 8. The van der Waals surface area contributed by atoms with Crippen molar-refractivity contribution in [1.29, 1.82) is 0 Å². The second-order valence-electron chi connectivity index (χ2n) is 7.95. The van der Waals surface area contributed by atoms with Gasteiger partial charge >= 0.3 is 0 Å². The summed E-state index contributed by atoms with van der Waals surface area (Å²) in [6.45, 7) is 10.1. The molecule has 0 amide bonds.